The van der Waals surface area contributed by atoms with Crippen molar-refractivity contribution in [1.82, 2.24) is 15.3 Å². The first-order valence-corrected chi connectivity index (χ1v) is 12.2. The van der Waals surface area contributed by atoms with E-state index in [4.69, 9.17) is 22.2 Å². The van der Waals surface area contributed by atoms with Gasteiger partial charge in [-0.1, -0.05) is 12.1 Å². The minimum absolute atomic E-state index is 0.202. The van der Waals surface area contributed by atoms with Crippen molar-refractivity contribution >= 4 is 34.9 Å². The third-order valence-electron chi connectivity index (χ3n) is 6.29. The first-order valence-electron chi connectivity index (χ1n) is 11.8. The Hall–Kier alpha value is -2.48. The Morgan fingerprint density at radius 2 is 1.78 bits per heavy atom. The summed E-state index contributed by atoms with van der Waals surface area (Å²) < 4.78 is 13.0. The van der Waals surface area contributed by atoms with E-state index in [1.807, 2.05) is 12.1 Å². The predicted molar refractivity (Wildman–Crippen MR) is 133 cm³/mol. The second-order valence-corrected chi connectivity index (χ2v) is 9.16. The van der Waals surface area contributed by atoms with Gasteiger partial charge in [0.05, 0.1) is 0 Å². The number of aryl methyl sites for hydroxylation is 1. The third kappa shape index (κ3) is 6.06. The Labute approximate surface area is 195 Å². The second kappa shape index (κ2) is 10.9. The average molecular weight is 457 g/mol. The molecule has 1 aromatic carbocycles. The molecule has 0 bridgehead atoms. The Morgan fingerprint density at radius 1 is 1.06 bits per heavy atom. The van der Waals surface area contributed by atoms with Crippen LogP contribution in [0.2, 0.25) is 0 Å². The van der Waals surface area contributed by atoms with Gasteiger partial charge >= 0.3 is 0 Å². The molecule has 0 aliphatic carbocycles. The van der Waals surface area contributed by atoms with Crippen LogP contribution in [0.3, 0.4) is 0 Å². The van der Waals surface area contributed by atoms with Crippen LogP contribution in [-0.4, -0.2) is 47.3 Å². The SMILES string of the molecule is CC1CCCCN1c1cc(N2CCCC2)nc(NC(=S)NCCCc2ccc(F)cc2)n1. The maximum atomic E-state index is 13.0. The lowest BCUT2D eigenvalue weighted by molar-refractivity contribution is 0.481. The zero-order chi connectivity index (χ0) is 22.3. The number of nitrogens with one attached hydrogen (secondary N) is 2. The summed E-state index contributed by atoms with van der Waals surface area (Å²) in [6.07, 6.45) is 7.85. The molecule has 1 aromatic heterocycles. The summed E-state index contributed by atoms with van der Waals surface area (Å²) in [5.74, 6) is 2.31. The molecule has 2 aliphatic heterocycles. The van der Waals surface area contributed by atoms with Gasteiger partial charge in [-0.15, -0.1) is 0 Å². The first kappa shape index (κ1) is 22.7. The van der Waals surface area contributed by atoms with Crippen molar-refractivity contribution in [2.75, 3.05) is 41.3 Å². The average Bonchev–Trinajstić information content (AvgIpc) is 3.33. The molecule has 0 saturated carbocycles. The molecule has 172 valence electrons. The van der Waals surface area contributed by atoms with Crippen molar-refractivity contribution in [3.8, 4) is 0 Å². The molecule has 2 fully saturated rings. The van der Waals surface area contributed by atoms with E-state index in [0.29, 0.717) is 17.1 Å². The van der Waals surface area contributed by atoms with Crippen LogP contribution in [-0.2, 0) is 6.42 Å². The summed E-state index contributed by atoms with van der Waals surface area (Å²) in [4.78, 5) is 14.3. The van der Waals surface area contributed by atoms with E-state index in [1.165, 1.54) is 44.2 Å². The van der Waals surface area contributed by atoms with Gasteiger partial charge in [-0.05, 0) is 81.8 Å². The van der Waals surface area contributed by atoms with Gasteiger partial charge in [0.15, 0.2) is 5.11 Å². The lowest BCUT2D eigenvalue weighted by Gasteiger charge is -2.35. The van der Waals surface area contributed by atoms with Crippen LogP contribution in [0.5, 0.6) is 0 Å². The zero-order valence-electron chi connectivity index (χ0n) is 18.8. The van der Waals surface area contributed by atoms with Crippen LogP contribution in [0.15, 0.2) is 30.3 Å². The van der Waals surface area contributed by atoms with E-state index in [2.05, 4.69) is 33.4 Å². The van der Waals surface area contributed by atoms with Crippen LogP contribution < -0.4 is 20.4 Å². The Morgan fingerprint density at radius 3 is 2.53 bits per heavy atom. The minimum Gasteiger partial charge on any atom is -0.362 e. The van der Waals surface area contributed by atoms with Crippen molar-refractivity contribution < 1.29 is 4.39 Å². The molecule has 8 heteroatoms. The number of benzene rings is 1. The topological polar surface area (TPSA) is 56.3 Å². The number of thiocarbonyl (C=S) groups is 1. The highest BCUT2D eigenvalue weighted by Crippen LogP contribution is 2.28. The summed E-state index contributed by atoms with van der Waals surface area (Å²) in [6.45, 7) is 6.11. The van der Waals surface area contributed by atoms with Gasteiger partial charge in [0, 0.05) is 38.3 Å². The summed E-state index contributed by atoms with van der Waals surface area (Å²) in [5.41, 5.74) is 1.12. The Balaban J connectivity index is 1.37. The summed E-state index contributed by atoms with van der Waals surface area (Å²) in [6, 6.07) is 9.27. The van der Waals surface area contributed by atoms with Gasteiger partial charge in [0.1, 0.15) is 17.5 Å². The molecule has 2 aromatic rings. The molecule has 3 heterocycles. The van der Waals surface area contributed by atoms with E-state index in [-0.39, 0.29) is 5.82 Å². The molecule has 2 aliphatic rings. The first-order chi connectivity index (χ1) is 15.6. The number of anilines is 3. The van der Waals surface area contributed by atoms with Gasteiger partial charge in [-0.25, -0.2) is 4.39 Å². The summed E-state index contributed by atoms with van der Waals surface area (Å²) >= 11 is 5.51. The van der Waals surface area contributed by atoms with E-state index < -0.39 is 0 Å². The lowest BCUT2D eigenvalue weighted by atomic mass is 10.0. The highest BCUT2D eigenvalue weighted by molar-refractivity contribution is 7.80. The fourth-order valence-corrected chi connectivity index (χ4v) is 4.66. The van der Waals surface area contributed by atoms with E-state index in [9.17, 15) is 4.39 Å². The van der Waals surface area contributed by atoms with Crippen LogP contribution in [0, 0.1) is 5.82 Å². The standard InChI is InChI=1S/C24H33FN6S/c1-18-7-2-3-16-31(18)22-17-21(30-14-4-5-15-30)27-23(28-22)29-24(32)26-13-6-8-19-9-11-20(25)12-10-19/h9-12,17-18H,2-8,13-16H2,1H3,(H2,26,27,28,29,32). The van der Waals surface area contributed by atoms with Crippen molar-refractivity contribution in [2.45, 2.75) is 57.9 Å². The van der Waals surface area contributed by atoms with E-state index >= 15 is 0 Å². The highest BCUT2D eigenvalue weighted by atomic mass is 32.1. The van der Waals surface area contributed by atoms with Gasteiger partial charge in [-0.2, -0.15) is 9.97 Å². The van der Waals surface area contributed by atoms with Crippen molar-refractivity contribution in [3.63, 3.8) is 0 Å². The molecule has 1 atom stereocenters. The normalized spacial score (nSPS) is 18.6. The smallest absolute Gasteiger partial charge is 0.232 e. The molecule has 2 N–H and O–H groups in total. The van der Waals surface area contributed by atoms with Crippen LogP contribution >= 0.6 is 12.2 Å². The van der Waals surface area contributed by atoms with Crippen molar-refractivity contribution in [2.24, 2.45) is 0 Å². The monoisotopic (exact) mass is 456 g/mol. The van der Waals surface area contributed by atoms with Crippen molar-refractivity contribution in [1.29, 1.82) is 0 Å². The minimum atomic E-state index is -0.202. The van der Waals surface area contributed by atoms with Gasteiger partial charge < -0.3 is 20.4 Å². The third-order valence-corrected chi connectivity index (χ3v) is 6.54. The Bertz CT molecular complexity index is 900. The van der Waals surface area contributed by atoms with Gasteiger partial charge in [0.25, 0.3) is 0 Å². The Kier molecular flexibility index (Phi) is 7.73. The molecule has 0 amide bonds. The molecular weight excluding hydrogens is 423 g/mol. The maximum Gasteiger partial charge on any atom is 0.232 e. The molecule has 0 spiro atoms. The summed E-state index contributed by atoms with van der Waals surface area (Å²) in [5, 5.41) is 6.98. The fourth-order valence-electron chi connectivity index (χ4n) is 4.46. The molecule has 4 rings (SSSR count). The molecule has 1 unspecified atom stereocenters. The number of halogens is 1. The van der Waals surface area contributed by atoms with Crippen LogP contribution in [0.1, 0.15) is 51.0 Å². The van der Waals surface area contributed by atoms with Crippen LogP contribution in [0.4, 0.5) is 22.0 Å². The number of nitrogens with zero attached hydrogens (tertiary/aromatic N) is 4. The van der Waals surface area contributed by atoms with E-state index in [1.54, 1.807) is 0 Å². The van der Waals surface area contributed by atoms with Gasteiger partial charge in [-0.3, -0.25) is 0 Å². The summed E-state index contributed by atoms with van der Waals surface area (Å²) in [7, 11) is 0. The second-order valence-electron chi connectivity index (χ2n) is 8.75. The van der Waals surface area contributed by atoms with E-state index in [0.717, 1.165) is 56.2 Å². The molecule has 2 saturated heterocycles. The van der Waals surface area contributed by atoms with Crippen LogP contribution in [0.25, 0.3) is 0 Å². The molecule has 32 heavy (non-hydrogen) atoms. The predicted octanol–water partition coefficient (Wildman–Crippen LogP) is 4.51. The molecular formula is C24H33FN6S. The quantitative estimate of drug-likeness (QED) is 0.469. The lowest BCUT2D eigenvalue weighted by Crippen LogP contribution is -2.38. The number of aromatic nitrogens is 2. The largest absolute Gasteiger partial charge is 0.362 e. The maximum absolute atomic E-state index is 13.0. The fraction of sp³-hybridized carbons (Fsp3) is 0.542. The highest BCUT2D eigenvalue weighted by Gasteiger charge is 2.23. The zero-order valence-corrected chi connectivity index (χ0v) is 19.6. The van der Waals surface area contributed by atoms with Gasteiger partial charge in [0.2, 0.25) is 5.95 Å². The molecule has 6 nitrogen and oxygen atoms in total. The molecule has 0 radical (unpaired) electrons. The number of rotatable bonds is 7. The van der Waals surface area contributed by atoms with Crippen molar-refractivity contribution in [3.05, 3.63) is 41.7 Å². The number of hydrogen-bond acceptors (Lipinski definition) is 5. The number of piperidine rings is 1. The number of hydrogen-bond donors (Lipinski definition) is 2.